The summed E-state index contributed by atoms with van der Waals surface area (Å²) in [5.41, 5.74) is 1.50. The molecule has 1 amide bonds. The number of halogens is 1. The van der Waals surface area contributed by atoms with E-state index in [0.29, 0.717) is 30.2 Å². The molecule has 0 bridgehead atoms. The molecule has 1 aromatic heterocycles. The maximum absolute atomic E-state index is 12.8. The van der Waals surface area contributed by atoms with Gasteiger partial charge in [-0.3, -0.25) is 4.79 Å². The Hall–Kier alpha value is -1.48. The summed E-state index contributed by atoms with van der Waals surface area (Å²) in [6, 6.07) is 6.96. The Balaban J connectivity index is 1.67. The predicted octanol–water partition coefficient (Wildman–Crippen LogP) is 3.14. The molecule has 146 valence electrons. The molecule has 0 radical (unpaired) electrons. The zero-order valence-electron chi connectivity index (χ0n) is 15.0. The highest BCUT2D eigenvalue weighted by molar-refractivity contribution is 7.88. The van der Waals surface area contributed by atoms with Crippen LogP contribution >= 0.6 is 22.9 Å². The zero-order valence-corrected chi connectivity index (χ0v) is 17.4. The van der Waals surface area contributed by atoms with Gasteiger partial charge in [0.25, 0.3) is 0 Å². The lowest BCUT2D eigenvalue weighted by molar-refractivity contribution is -0.119. The number of benzene rings is 1. The van der Waals surface area contributed by atoms with E-state index in [0.717, 1.165) is 23.5 Å². The van der Waals surface area contributed by atoms with Gasteiger partial charge in [0.2, 0.25) is 15.9 Å². The number of piperidine rings is 1. The van der Waals surface area contributed by atoms with Crippen LogP contribution in [0.5, 0.6) is 0 Å². The molecule has 0 saturated carbocycles. The smallest absolute Gasteiger partial charge is 0.218 e. The highest BCUT2D eigenvalue weighted by Gasteiger charge is 2.31. The van der Waals surface area contributed by atoms with Crippen LogP contribution in [-0.2, 0) is 27.1 Å². The third-order valence-corrected chi connectivity index (χ3v) is 7.56. The van der Waals surface area contributed by atoms with Gasteiger partial charge in [-0.1, -0.05) is 23.7 Å². The normalized spacial score (nSPS) is 18.4. The van der Waals surface area contributed by atoms with Gasteiger partial charge in [-0.05, 0) is 30.5 Å². The van der Waals surface area contributed by atoms with E-state index in [-0.39, 0.29) is 17.6 Å². The van der Waals surface area contributed by atoms with Crippen molar-refractivity contribution in [3.8, 4) is 0 Å². The number of rotatable bonds is 6. The molecule has 1 N–H and O–H groups in total. The average molecular weight is 428 g/mol. The lowest BCUT2D eigenvalue weighted by atomic mass is 10.0. The van der Waals surface area contributed by atoms with E-state index in [4.69, 9.17) is 11.6 Å². The van der Waals surface area contributed by atoms with Crippen LogP contribution in [0.3, 0.4) is 0 Å². The largest absolute Gasteiger partial charge is 0.351 e. The van der Waals surface area contributed by atoms with Gasteiger partial charge >= 0.3 is 0 Å². The van der Waals surface area contributed by atoms with E-state index >= 15 is 0 Å². The number of carbonyl (C=O) groups is 1. The summed E-state index contributed by atoms with van der Waals surface area (Å²) in [6.07, 6.45) is 1.72. The van der Waals surface area contributed by atoms with Gasteiger partial charge in [-0.15, -0.1) is 11.3 Å². The first-order valence-corrected chi connectivity index (χ1v) is 11.6. The average Bonchev–Trinajstić information content (AvgIpc) is 3.09. The van der Waals surface area contributed by atoms with Gasteiger partial charge < -0.3 is 5.32 Å². The van der Waals surface area contributed by atoms with Crippen molar-refractivity contribution in [1.82, 2.24) is 14.6 Å². The highest BCUT2D eigenvalue weighted by Crippen LogP contribution is 2.31. The first-order valence-electron chi connectivity index (χ1n) is 8.74. The first kappa shape index (κ1) is 20.3. The maximum atomic E-state index is 12.8. The van der Waals surface area contributed by atoms with E-state index in [9.17, 15) is 13.2 Å². The van der Waals surface area contributed by atoms with Gasteiger partial charge in [-0.25, -0.2) is 17.7 Å². The number of hydrogen-bond donors (Lipinski definition) is 1. The van der Waals surface area contributed by atoms with E-state index in [2.05, 4.69) is 10.3 Å². The van der Waals surface area contributed by atoms with Crippen LogP contribution in [0.1, 0.15) is 41.9 Å². The van der Waals surface area contributed by atoms with Gasteiger partial charge in [0, 0.05) is 36.3 Å². The van der Waals surface area contributed by atoms with Crippen molar-refractivity contribution < 1.29 is 13.2 Å². The third-order valence-electron chi connectivity index (χ3n) is 4.45. The van der Waals surface area contributed by atoms with Crippen molar-refractivity contribution in [2.75, 3.05) is 13.1 Å². The van der Waals surface area contributed by atoms with Crippen molar-refractivity contribution in [3.05, 3.63) is 50.9 Å². The minimum atomic E-state index is -3.41. The highest BCUT2D eigenvalue weighted by atomic mass is 35.5. The zero-order chi connectivity index (χ0) is 19.4. The second-order valence-electron chi connectivity index (χ2n) is 6.67. The number of aromatic nitrogens is 1. The van der Waals surface area contributed by atoms with Gasteiger partial charge in [0.05, 0.1) is 23.0 Å². The molecular formula is C18H22ClN3O3S2. The summed E-state index contributed by atoms with van der Waals surface area (Å²) in [6.45, 7) is 2.84. The fraction of sp³-hybridized carbons (Fsp3) is 0.444. The first-order chi connectivity index (χ1) is 12.8. The van der Waals surface area contributed by atoms with E-state index in [1.54, 1.807) is 28.6 Å². The van der Waals surface area contributed by atoms with Crippen molar-refractivity contribution >= 4 is 38.9 Å². The van der Waals surface area contributed by atoms with Crippen LogP contribution in [-0.4, -0.2) is 36.7 Å². The SMILES string of the molecule is CC(=O)NCc1csc([C@@H]2CCCN(S(=O)(=O)Cc3cccc(Cl)c3)C2)n1. The summed E-state index contributed by atoms with van der Waals surface area (Å²) in [5.74, 6) is -0.0594. The number of amides is 1. The Bertz CT molecular complexity index is 914. The maximum Gasteiger partial charge on any atom is 0.218 e. The van der Waals surface area contributed by atoms with E-state index in [1.165, 1.54) is 18.3 Å². The number of nitrogens with one attached hydrogen (secondary N) is 1. The third kappa shape index (κ3) is 5.51. The Morgan fingerprint density at radius 2 is 2.26 bits per heavy atom. The quantitative estimate of drug-likeness (QED) is 0.768. The number of carbonyl (C=O) groups excluding carboxylic acids is 1. The molecule has 1 atom stereocenters. The minimum absolute atomic E-state index is 0.0497. The van der Waals surface area contributed by atoms with Crippen LogP contribution in [0, 0.1) is 0 Å². The van der Waals surface area contributed by atoms with Crippen molar-refractivity contribution in [2.45, 2.75) is 38.0 Å². The summed E-state index contributed by atoms with van der Waals surface area (Å²) >= 11 is 7.49. The van der Waals surface area contributed by atoms with Gasteiger partial charge in [0.15, 0.2) is 0 Å². The van der Waals surface area contributed by atoms with Crippen LogP contribution in [0.15, 0.2) is 29.6 Å². The minimum Gasteiger partial charge on any atom is -0.351 e. The molecule has 1 aliphatic heterocycles. The predicted molar refractivity (Wildman–Crippen MR) is 107 cm³/mol. The Labute approximate surface area is 168 Å². The Morgan fingerprint density at radius 1 is 1.44 bits per heavy atom. The Morgan fingerprint density at radius 3 is 3.00 bits per heavy atom. The molecule has 27 heavy (non-hydrogen) atoms. The summed E-state index contributed by atoms with van der Waals surface area (Å²) in [4.78, 5) is 15.6. The molecule has 2 aromatic rings. The standard InChI is InChI=1S/C18H22ClN3O3S2/c1-13(23)20-9-17-11-26-18(21-17)15-5-3-7-22(10-15)27(24,25)12-14-4-2-6-16(19)8-14/h2,4,6,8,11,15H,3,5,7,9-10,12H2,1H3,(H,20,23)/t15-/m1/s1. The van der Waals surface area contributed by atoms with Crippen LogP contribution in [0.4, 0.5) is 0 Å². The molecule has 2 heterocycles. The molecule has 0 spiro atoms. The van der Waals surface area contributed by atoms with Gasteiger partial charge in [-0.2, -0.15) is 0 Å². The molecule has 0 aliphatic carbocycles. The van der Waals surface area contributed by atoms with E-state index < -0.39 is 10.0 Å². The summed E-state index contributed by atoms with van der Waals surface area (Å²) in [5, 5.41) is 6.12. The van der Waals surface area contributed by atoms with E-state index in [1.807, 2.05) is 5.38 Å². The van der Waals surface area contributed by atoms with Crippen molar-refractivity contribution in [1.29, 1.82) is 0 Å². The fourth-order valence-electron chi connectivity index (χ4n) is 3.13. The molecule has 1 aromatic carbocycles. The molecule has 0 unspecified atom stereocenters. The number of nitrogens with zero attached hydrogens (tertiary/aromatic N) is 2. The van der Waals surface area contributed by atoms with Crippen LogP contribution < -0.4 is 5.32 Å². The number of thiazole rings is 1. The van der Waals surface area contributed by atoms with Gasteiger partial charge in [0.1, 0.15) is 0 Å². The molecule has 6 nitrogen and oxygen atoms in total. The molecule has 1 fully saturated rings. The van der Waals surface area contributed by atoms with Crippen molar-refractivity contribution in [2.24, 2.45) is 0 Å². The second-order valence-corrected chi connectivity index (χ2v) is 9.97. The van der Waals surface area contributed by atoms with Crippen LogP contribution in [0.25, 0.3) is 0 Å². The number of sulfonamides is 1. The number of hydrogen-bond acceptors (Lipinski definition) is 5. The molecule has 3 rings (SSSR count). The molecular weight excluding hydrogens is 406 g/mol. The monoisotopic (exact) mass is 427 g/mol. The Kier molecular flexibility index (Phi) is 6.52. The van der Waals surface area contributed by atoms with Crippen molar-refractivity contribution in [3.63, 3.8) is 0 Å². The van der Waals surface area contributed by atoms with Crippen LogP contribution in [0.2, 0.25) is 5.02 Å². The summed E-state index contributed by atoms with van der Waals surface area (Å²) in [7, 11) is -3.41. The lowest BCUT2D eigenvalue weighted by Crippen LogP contribution is -2.39. The second kappa shape index (κ2) is 8.68. The molecule has 9 heteroatoms. The molecule has 1 aliphatic rings. The molecule has 1 saturated heterocycles. The topological polar surface area (TPSA) is 79.4 Å². The fourth-order valence-corrected chi connectivity index (χ4v) is 5.89. The lowest BCUT2D eigenvalue weighted by Gasteiger charge is -2.31. The summed E-state index contributed by atoms with van der Waals surface area (Å²) < 4.78 is 27.3.